The molecule has 1 aromatic rings. The van der Waals surface area contributed by atoms with Gasteiger partial charge in [-0.05, 0) is 64.3 Å². The van der Waals surface area contributed by atoms with Crippen LogP contribution in [0.1, 0.15) is 42.5 Å². The number of hydrogen-bond acceptors (Lipinski definition) is 4. The molecule has 5 nitrogen and oxygen atoms in total. The first-order valence-corrected chi connectivity index (χ1v) is 10.0. The normalized spacial score (nSPS) is 23.7. The minimum absolute atomic E-state index is 0.165. The lowest BCUT2D eigenvalue weighted by molar-refractivity contribution is 0.0496. The van der Waals surface area contributed by atoms with Crippen LogP contribution < -0.4 is 4.90 Å². The molecular formula is C21H33N3O2. The second kappa shape index (κ2) is 8.87. The van der Waals surface area contributed by atoms with Gasteiger partial charge in [-0.1, -0.05) is 12.1 Å². The number of hydrogen-bond donors (Lipinski definition) is 1. The van der Waals surface area contributed by atoms with Crippen molar-refractivity contribution in [1.82, 2.24) is 9.80 Å². The van der Waals surface area contributed by atoms with Crippen LogP contribution in [0.3, 0.4) is 0 Å². The number of carbonyl (C=O) groups is 1. The number of piperidine rings is 1. The third kappa shape index (κ3) is 4.21. The van der Waals surface area contributed by atoms with E-state index in [0.717, 1.165) is 56.7 Å². The van der Waals surface area contributed by atoms with Crippen molar-refractivity contribution in [2.75, 3.05) is 51.8 Å². The van der Waals surface area contributed by atoms with Gasteiger partial charge in [0.05, 0.1) is 5.56 Å². The molecule has 0 aromatic heterocycles. The Kier molecular flexibility index (Phi) is 6.54. The Morgan fingerprint density at radius 2 is 1.92 bits per heavy atom. The maximum atomic E-state index is 13.3. The minimum Gasteiger partial charge on any atom is -0.396 e. The molecule has 3 rings (SSSR count). The maximum absolute atomic E-state index is 13.3. The van der Waals surface area contributed by atoms with Crippen molar-refractivity contribution < 1.29 is 9.90 Å². The van der Waals surface area contributed by atoms with Crippen molar-refractivity contribution in [3.8, 4) is 0 Å². The summed E-state index contributed by atoms with van der Waals surface area (Å²) < 4.78 is 0. The molecule has 1 aromatic carbocycles. The zero-order chi connectivity index (χ0) is 18.5. The Balaban J connectivity index is 1.75. The van der Waals surface area contributed by atoms with Crippen molar-refractivity contribution >= 4 is 11.6 Å². The van der Waals surface area contributed by atoms with Gasteiger partial charge < -0.3 is 19.8 Å². The number of benzene rings is 1. The molecule has 1 N–H and O–H groups in total. The first-order valence-electron chi connectivity index (χ1n) is 10.0. The number of carbonyl (C=O) groups excluding carboxylic acids is 1. The van der Waals surface area contributed by atoms with E-state index in [1.54, 1.807) is 0 Å². The number of nitrogens with zero attached hydrogens (tertiary/aromatic N) is 3. The molecule has 2 heterocycles. The van der Waals surface area contributed by atoms with Crippen LogP contribution in [0, 0.1) is 5.92 Å². The van der Waals surface area contributed by atoms with Gasteiger partial charge in [-0.3, -0.25) is 4.79 Å². The Morgan fingerprint density at radius 3 is 2.62 bits per heavy atom. The summed E-state index contributed by atoms with van der Waals surface area (Å²) in [6.07, 6.45) is 5.19. The fourth-order valence-corrected chi connectivity index (χ4v) is 4.58. The number of rotatable bonds is 6. The van der Waals surface area contributed by atoms with Crippen molar-refractivity contribution in [2.45, 2.75) is 38.1 Å². The molecule has 0 bridgehead atoms. The number of para-hydroxylation sites is 1. The molecular weight excluding hydrogens is 326 g/mol. The van der Waals surface area contributed by atoms with Crippen molar-refractivity contribution in [1.29, 1.82) is 0 Å². The monoisotopic (exact) mass is 359 g/mol. The summed E-state index contributed by atoms with van der Waals surface area (Å²) in [6, 6.07) is 8.57. The predicted molar refractivity (Wildman–Crippen MR) is 106 cm³/mol. The Hall–Kier alpha value is -1.59. The first kappa shape index (κ1) is 19.2. The number of likely N-dealkylation sites (tertiary alicyclic amines) is 1. The fraction of sp³-hybridized carbons (Fsp3) is 0.667. The lowest BCUT2D eigenvalue weighted by Crippen LogP contribution is -2.50. The van der Waals surface area contributed by atoms with Gasteiger partial charge in [0.2, 0.25) is 0 Å². The average Bonchev–Trinajstić information content (AvgIpc) is 3.20. The molecule has 2 aliphatic heterocycles. The quantitative estimate of drug-likeness (QED) is 0.848. The van der Waals surface area contributed by atoms with Crippen LogP contribution in [-0.2, 0) is 0 Å². The van der Waals surface area contributed by atoms with Gasteiger partial charge in [-0.15, -0.1) is 0 Å². The summed E-state index contributed by atoms with van der Waals surface area (Å²) in [5.74, 6) is 0.590. The molecule has 0 spiro atoms. The molecule has 1 amide bonds. The second-order valence-electron chi connectivity index (χ2n) is 7.91. The minimum atomic E-state index is 0.165. The molecule has 0 aliphatic carbocycles. The predicted octanol–water partition coefficient (Wildman–Crippen LogP) is 2.45. The Bertz CT molecular complexity index is 599. The smallest absolute Gasteiger partial charge is 0.255 e. The Labute approximate surface area is 157 Å². The van der Waals surface area contributed by atoms with Crippen molar-refractivity contribution in [3.05, 3.63) is 29.8 Å². The van der Waals surface area contributed by atoms with Crippen LogP contribution in [0.4, 0.5) is 5.69 Å². The number of aliphatic hydroxyl groups excluding tert-OH is 1. The summed E-state index contributed by atoms with van der Waals surface area (Å²) in [6.45, 7) is 3.92. The molecule has 26 heavy (non-hydrogen) atoms. The summed E-state index contributed by atoms with van der Waals surface area (Å²) in [5, 5.41) is 9.23. The zero-order valence-electron chi connectivity index (χ0n) is 16.2. The lowest BCUT2D eigenvalue weighted by Gasteiger charge is -2.42. The summed E-state index contributed by atoms with van der Waals surface area (Å²) in [7, 11) is 4.24. The van der Waals surface area contributed by atoms with E-state index in [1.165, 1.54) is 12.8 Å². The molecule has 2 fully saturated rings. The van der Waals surface area contributed by atoms with Gasteiger partial charge in [0.1, 0.15) is 0 Å². The lowest BCUT2D eigenvalue weighted by atomic mass is 9.87. The highest BCUT2D eigenvalue weighted by atomic mass is 16.3. The van der Waals surface area contributed by atoms with E-state index in [2.05, 4.69) is 30.0 Å². The average molecular weight is 360 g/mol. The fourth-order valence-electron chi connectivity index (χ4n) is 4.58. The van der Waals surface area contributed by atoms with E-state index in [1.807, 2.05) is 23.1 Å². The largest absolute Gasteiger partial charge is 0.396 e. The molecule has 0 saturated carbocycles. The first-order chi connectivity index (χ1) is 12.6. The summed E-state index contributed by atoms with van der Waals surface area (Å²) in [4.78, 5) is 20.0. The highest BCUT2D eigenvalue weighted by molar-refractivity contribution is 6.00. The SMILES string of the molecule is CN(C)[C@@H]1CCN(C(=O)c2ccccc2N2CCCC2)C[C@@H]1CCCO. The number of amides is 1. The molecule has 2 saturated heterocycles. The van der Waals surface area contributed by atoms with Gasteiger partial charge in [-0.2, -0.15) is 0 Å². The molecule has 144 valence electrons. The van der Waals surface area contributed by atoms with Crippen molar-refractivity contribution in [2.24, 2.45) is 5.92 Å². The molecule has 5 heteroatoms. The van der Waals surface area contributed by atoms with E-state index in [9.17, 15) is 9.90 Å². The Morgan fingerprint density at radius 1 is 1.19 bits per heavy atom. The van der Waals surface area contributed by atoms with Gasteiger partial charge >= 0.3 is 0 Å². The van der Waals surface area contributed by atoms with Crippen LogP contribution in [0.5, 0.6) is 0 Å². The highest BCUT2D eigenvalue weighted by Gasteiger charge is 2.33. The third-order valence-corrected chi connectivity index (χ3v) is 5.96. The molecule has 2 atom stereocenters. The van der Waals surface area contributed by atoms with Crippen LogP contribution in [0.15, 0.2) is 24.3 Å². The summed E-state index contributed by atoms with van der Waals surface area (Å²) in [5.41, 5.74) is 1.94. The second-order valence-corrected chi connectivity index (χ2v) is 7.91. The molecule has 0 radical (unpaired) electrons. The van der Waals surface area contributed by atoms with E-state index in [0.29, 0.717) is 12.0 Å². The summed E-state index contributed by atoms with van der Waals surface area (Å²) >= 11 is 0. The van der Waals surface area contributed by atoms with E-state index in [-0.39, 0.29) is 12.5 Å². The highest BCUT2D eigenvalue weighted by Crippen LogP contribution is 2.29. The van der Waals surface area contributed by atoms with E-state index in [4.69, 9.17) is 0 Å². The van der Waals surface area contributed by atoms with Crippen LogP contribution >= 0.6 is 0 Å². The zero-order valence-corrected chi connectivity index (χ0v) is 16.2. The van der Waals surface area contributed by atoms with Gasteiger partial charge in [-0.25, -0.2) is 0 Å². The van der Waals surface area contributed by atoms with Crippen LogP contribution in [0.25, 0.3) is 0 Å². The van der Waals surface area contributed by atoms with Crippen LogP contribution in [0.2, 0.25) is 0 Å². The van der Waals surface area contributed by atoms with E-state index < -0.39 is 0 Å². The maximum Gasteiger partial charge on any atom is 0.255 e. The molecule has 0 unspecified atom stereocenters. The number of aliphatic hydroxyl groups is 1. The van der Waals surface area contributed by atoms with Gasteiger partial charge in [0.25, 0.3) is 5.91 Å². The molecule has 2 aliphatic rings. The van der Waals surface area contributed by atoms with Crippen LogP contribution in [-0.4, -0.2) is 73.7 Å². The van der Waals surface area contributed by atoms with Gasteiger partial charge in [0, 0.05) is 44.5 Å². The topological polar surface area (TPSA) is 47.0 Å². The third-order valence-electron chi connectivity index (χ3n) is 5.96. The standard InChI is InChI=1S/C21H33N3O2/c1-22(2)19-11-14-24(16-17(19)8-7-15-25)21(26)18-9-3-4-10-20(18)23-12-5-6-13-23/h3-4,9-10,17,19,25H,5-8,11-16H2,1-2H3/t17-,19+/m0/s1. The van der Waals surface area contributed by atoms with Crippen molar-refractivity contribution in [3.63, 3.8) is 0 Å². The van der Waals surface area contributed by atoms with E-state index >= 15 is 0 Å². The number of anilines is 1. The van der Waals surface area contributed by atoms with Gasteiger partial charge in [0.15, 0.2) is 0 Å².